The Balaban J connectivity index is 1.69. The van der Waals surface area contributed by atoms with Gasteiger partial charge in [-0.15, -0.1) is 0 Å². The number of fused-ring (bicyclic) bond motifs is 1. The summed E-state index contributed by atoms with van der Waals surface area (Å²) in [6, 6.07) is 16.0. The summed E-state index contributed by atoms with van der Waals surface area (Å²) in [6.45, 7) is 7.02. The van der Waals surface area contributed by atoms with Gasteiger partial charge in [-0.3, -0.25) is 14.7 Å². The van der Waals surface area contributed by atoms with Gasteiger partial charge >= 0.3 is 0 Å². The molecular formula is C28H32N4O3S2. The fourth-order valence-electron chi connectivity index (χ4n) is 4.05. The number of nitrogens with zero attached hydrogens (tertiary/aromatic N) is 4. The van der Waals surface area contributed by atoms with Crippen LogP contribution in [0.2, 0.25) is 0 Å². The van der Waals surface area contributed by atoms with E-state index in [1.165, 1.54) is 27.8 Å². The molecule has 4 aromatic rings. The summed E-state index contributed by atoms with van der Waals surface area (Å²) < 4.78 is 28.2. The molecule has 2 aromatic carbocycles. The monoisotopic (exact) mass is 536 g/mol. The van der Waals surface area contributed by atoms with E-state index < -0.39 is 10.0 Å². The number of benzene rings is 2. The van der Waals surface area contributed by atoms with Gasteiger partial charge in [0.1, 0.15) is 0 Å². The molecule has 0 aliphatic rings. The predicted molar refractivity (Wildman–Crippen MR) is 150 cm³/mol. The number of rotatable bonds is 10. The van der Waals surface area contributed by atoms with Gasteiger partial charge in [0.2, 0.25) is 10.0 Å². The molecule has 0 N–H and O–H groups in total. The molecule has 0 unspecified atom stereocenters. The van der Waals surface area contributed by atoms with E-state index in [0.29, 0.717) is 29.7 Å². The molecule has 37 heavy (non-hydrogen) atoms. The third kappa shape index (κ3) is 5.89. The number of amides is 1. The summed E-state index contributed by atoms with van der Waals surface area (Å²) in [5, 5.41) is 0.591. The third-order valence-corrected chi connectivity index (χ3v) is 9.15. The Morgan fingerprint density at radius 1 is 1.05 bits per heavy atom. The van der Waals surface area contributed by atoms with Crippen molar-refractivity contribution in [3.8, 4) is 0 Å². The van der Waals surface area contributed by atoms with Crippen LogP contribution in [0.25, 0.3) is 10.2 Å². The zero-order valence-electron chi connectivity index (χ0n) is 21.6. The van der Waals surface area contributed by atoms with Gasteiger partial charge in [-0.1, -0.05) is 56.7 Å². The molecule has 4 rings (SSSR count). The minimum absolute atomic E-state index is 0.169. The number of carbonyl (C=O) groups excluding carboxylic acids is 1. The first-order valence-corrected chi connectivity index (χ1v) is 14.6. The fourth-order valence-corrected chi connectivity index (χ4v) is 6.25. The summed E-state index contributed by atoms with van der Waals surface area (Å²) in [6.07, 6.45) is 5.12. The van der Waals surface area contributed by atoms with E-state index >= 15 is 0 Å². The van der Waals surface area contributed by atoms with E-state index in [0.717, 1.165) is 34.2 Å². The highest BCUT2D eigenvalue weighted by molar-refractivity contribution is 7.89. The molecule has 0 bridgehead atoms. The van der Waals surface area contributed by atoms with E-state index in [-0.39, 0.29) is 10.8 Å². The highest BCUT2D eigenvalue weighted by Gasteiger charge is 2.25. The maximum absolute atomic E-state index is 13.8. The molecule has 0 saturated heterocycles. The van der Waals surface area contributed by atoms with Crippen LogP contribution in [0.5, 0.6) is 0 Å². The summed E-state index contributed by atoms with van der Waals surface area (Å²) in [7, 11) is -2.03. The summed E-state index contributed by atoms with van der Waals surface area (Å²) in [4.78, 5) is 24.7. The number of thiazole rings is 1. The van der Waals surface area contributed by atoms with Crippen LogP contribution in [0.15, 0.2) is 71.9 Å². The Morgan fingerprint density at radius 2 is 1.81 bits per heavy atom. The van der Waals surface area contributed by atoms with Crippen LogP contribution < -0.4 is 4.90 Å². The molecule has 0 saturated carbocycles. The Hall–Kier alpha value is -3.14. The Kier molecular flexibility index (Phi) is 8.36. The number of sulfonamides is 1. The SMILES string of the molecule is CCCCN(C)S(=O)(=O)c1ccc(C(=O)N(Cc2cccnc2)c2nc3c(C(C)C)cccc3s2)cc1. The van der Waals surface area contributed by atoms with Crippen LogP contribution in [0.3, 0.4) is 0 Å². The van der Waals surface area contributed by atoms with Crippen LogP contribution >= 0.6 is 11.3 Å². The van der Waals surface area contributed by atoms with Gasteiger partial charge in [0.15, 0.2) is 5.13 Å². The zero-order valence-corrected chi connectivity index (χ0v) is 23.2. The topological polar surface area (TPSA) is 83.5 Å². The molecule has 1 amide bonds. The lowest BCUT2D eigenvalue weighted by Gasteiger charge is -2.21. The molecular weight excluding hydrogens is 504 g/mol. The van der Waals surface area contributed by atoms with E-state index in [9.17, 15) is 13.2 Å². The summed E-state index contributed by atoms with van der Waals surface area (Å²) in [5.74, 6) is 0.0448. The van der Waals surface area contributed by atoms with Gasteiger partial charge in [-0.2, -0.15) is 0 Å². The average Bonchev–Trinajstić information content (AvgIpc) is 3.34. The second kappa shape index (κ2) is 11.5. The second-order valence-electron chi connectivity index (χ2n) is 9.30. The lowest BCUT2D eigenvalue weighted by molar-refractivity contribution is 0.0985. The molecule has 2 aromatic heterocycles. The fraction of sp³-hybridized carbons (Fsp3) is 0.321. The largest absolute Gasteiger partial charge is 0.279 e. The first-order chi connectivity index (χ1) is 17.7. The van der Waals surface area contributed by atoms with Crippen LogP contribution in [0.1, 0.15) is 61.0 Å². The Bertz CT molecular complexity index is 1470. The van der Waals surface area contributed by atoms with Crippen molar-refractivity contribution in [2.75, 3.05) is 18.5 Å². The molecule has 7 nitrogen and oxygen atoms in total. The molecule has 0 radical (unpaired) electrons. The number of carbonyl (C=O) groups is 1. The lowest BCUT2D eigenvalue weighted by Crippen LogP contribution is -2.31. The molecule has 2 heterocycles. The van der Waals surface area contributed by atoms with E-state index in [1.807, 2.05) is 31.2 Å². The van der Waals surface area contributed by atoms with Crippen molar-refractivity contribution in [3.63, 3.8) is 0 Å². The second-order valence-corrected chi connectivity index (χ2v) is 12.4. The van der Waals surface area contributed by atoms with Crippen molar-refractivity contribution in [1.82, 2.24) is 14.3 Å². The quantitative estimate of drug-likeness (QED) is 0.245. The molecule has 0 aliphatic heterocycles. The summed E-state index contributed by atoms with van der Waals surface area (Å²) >= 11 is 1.47. The van der Waals surface area contributed by atoms with Gasteiger partial charge in [0.05, 0.1) is 21.7 Å². The lowest BCUT2D eigenvalue weighted by atomic mass is 10.0. The molecule has 0 fully saturated rings. The van der Waals surface area contributed by atoms with Crippen molar-refractivity contribution >= 4 is 42.6 Å². The first kappa shape index (κ1) is 26.9. The first-order valence-electron chi connectivity index (χ1n) is 12.4. The maximum Gasteiger partial charge on any atom is 0.260 e. The van der Waals surface area contributed by atoms with Crippen molar-refractivity contribution in [2.45, 2.75) is 51.0 Å². The van der Waals surface area contributed by atoms with Crippen LogP contribution in [0.4, 0.5) is 5.13 Å². The molecule has 194 valence electrons. The predicted octanol–water partition coefficient (Wildman–Crippen LogP) is 6.08. The highest BCUT2D eigenvalue weighted by atomic mass is 32.2. The van der Waals surface area contributed by atoms with Crippen molar-refractivity contribution in [1.29, 1.82) is 0 Å². The van der Waals surface area contributed by atoms with Crippen LogP contribution in [0, 0.1) is 0 Å². The number of hydrogen-bond acceptors (Lipinski definition) is 6. The minimum Gasteiger partial charge on any atom is -0.279 e. The number of para-hydroxylation sites is 1. The minimum atomic E-state index is -3.62. The smallest absolute Gasteiger partial charge is 0.260 e. The van der Waals surface area contributed by atoms with Crippen molar-refractivity contribution in [3.05, 3.63) is 83.7 Å². The van der Waals surface area contributed by atoms with Gasteiger partial charge in [0.25, 0.3) is 5.91 Å². The molecule has 0 spiro atoms. The van der Waals surface area contributed by atoms with Crippen molar-refractivity contribution < 1.29 is 13.2 Å². The van der Waals surface area contributed by atoms with Gasteiger partial charge < -0.3 is 0 Å². The number of aromatic nitrogens is 2. The number of hydrogen-bond donors (Lipinski definition) is 0. The van der Waals surface area contributed by atoms with Crippen molar-refractivity contribution in [2.24, 2.45) is 0 Å². The maximum atomic E-state index is 13.8. The molecule has 9 heteroatoms. The van der Waals surface area contributed by atoms with Gasteiger partial charge in [-0.05, 0) is 59.9 Å². The Morgan fingerprint density at radius 3 is 2.46 bits per heavy atom. The van der Waals surface area contributed by atoms with Gasteiger partial charge in [-0.25, -0.2) is 17.7 Å². The number of pyridine rings is 1. The number of unbranched alkanes of at least 4 members (excludes halogenated alkanes) is 1. The van der Waals surface area contributed by atoms with Crippen LogP contribution in [-0.2, 0) is 16.6 Å². The van der Waals surface area contributed by atoms with E-state index in [1.54, 1.807) is 36.5 Å². The highest BCUT2D eigenvalue weighted by Crippen LogP contribution is 2.35. The van der Waals surface area contributed by atoms with Gasteiger partial charge in [0, 0.05) is 31.5 Å². The normalized spacial score (nSPS) is 11.9. The summed E-state index contributed by atoms with van der Waals surface area (Å²) in [5.41, 5.74) is 3.30. The average molecular weight is 537 g/mol. The standard InChI is InChI=1S/C28H32N4O3S2/c1-5-6-17-31(4)37(34,35)23-14-12-22(13-15-23)27(33)32(19-21-9-8-16-29-18-21)28-30-26-24(20(2)3)10-7-11-25(26)36-28/h7-16,18,20H,5-6,17,19H2,1-4H3. The third-order valence-electron chi connectivity index (χ3n) is 6.24. The van der Waals surface area contributed by atoms with E-state index in [2.05, 4.69) is 24.9 Å². The molecule has 0 atom stereocenters. The zero-order chi connectivity index (χ0) is 26.6. The number of anilines is 1. The van der Waals surface area contributed by atoms with E-state index in [4.69, 9.17) is 4.98 Å². The Labute approximate surface area is 222 Å². The van der Waals surface area contributed by atoms with Crippen LogP contribution in [-0.4, -0.2) is 42.2 Å². The molecule has 0 aliphatic carbocycles.